The van der Waals surface area contributed by atoms with Gasteiger partial charge < -0.3 is 0 Å². The topological polar surface area (TPSA) is 29.5 Å². The van der Waals surface area contributed by atoms with E-state index in [1.165, 1.54) is 12.2 Å². The quantitative estimate of drug-likeness (QED) is 0.466. The minimum absolute atomic E-state index is 0.0356. The molecule has 0 aromatic rings. The van der Waals surface area contributed by atoms with Gasteiger partial charge in [0, 0.05) is 19.2 Å². The van der Waals surface area contributed by atoms with Crippen molar-refractivity contribution >= 4 is 17.7 Å². The normalized spacial score (nSPS) is 9.73. The van der Waals surface area contributed by atoms with Gasteiger partial charge in [0.05, 0.1) is 7.11 Å². The Morgan fingerprint density at radius 1 is 1.64 bits per heavy atom. The summed E-state index contributed by atoms with van der Waals surface area (Å²) in [6.07, 6.45) is 0.558. The number of hydrogen-bond donors (Lipinski definition) is 0. The highest BCUT2D eigenvalue weighted by atomic mass is 32.2. The molecule has 4 heteroatoms. The van der Waals surface area contributed by atoms with Gasteiger partial charge in [-0.2, -0.15) is 11.8 Å². The van der Waals surface area contributed by atoms with Crippen molar-refractivity contribution in [1.82, 2.24) is 5.06 Å². The fraction of sp³-hybridized carbons (Fsp3) is 0.857. The fourth-order valence-electron chi connectivity index (χ4n) is 0.563. The van der Waals surface area contributed by atoms with Gasteiger partial charge in [-0.1, -0.05) is 6.92 Å². The van der Waals surface area contributed by atoms with E-state index >= 15 is 0 Å². The lowest BCUT2D eigenvalue weighted by atomic mass is 10.4. The van der Waals surface area contributed by atoms with Crippen LogP contribution in [0.5, 0.6) is 0 Å². The Kier molecular flexibility index (Phi) is 6.36. The number of hydrogen-bond acceptors (Lipinski definition) is 3. The zero-order chi connectivity index (χ0) is 8.69. The predicted octanol–water partition coefficient (Wildman–Crippen LogP) is 1.15. The Hall–Kier alpha value is -0.220. The first-order valence-corrected chi connectivity index (χ1v) is 4.76. The van der Waals surface area contributed by atoms with E-state index in [4.69, 9.17) is 4.84 Å². The molecule has 0 aliphatic carbocycles. The first kappa shape index (κ1) is 10.8. The summed E-state index contributed by atoms with van der Waals surface area (Å²) in [5.41, 5.74) is 0. The highest BCUT2D eigenvalue weighted by Crippen LogP contribution is 2.02. The van der Waals surface area contributed by atoms with Crippen LogP contribution in [0, 0.1) is 0 Å². The molecule has 0 aromatic carbocycles. The number of amides is 1. The molecule has 0 aliphatic heterocycles. The molecule has 0 heterocycles. The molecule has 0 N–H and O–H groups in total. The number of nitrogens with zero attached hydrogens (tertiary/aromatic N) is 1. The molecule has 0 bridgehead atoms. The Labute approximate surface area is 72.0 Å². The van der Waals surface area contributed by atoms with Crippen LogP contribution in [0.1, 0.15) is 13.3 Å². The van der Waals surface area contributed by atoms with E-state index in [0.717, 1.165) is 11.5 Å². The van der Waals surface area contributed by atoms with Crippen LogP contribution in [-0.2, 0) is 9.63 Å². The van der Waals surface area contributed by atoms with Crippen molar-refractivity contribution in [3.05, 3.63) is 0 Å². The van der Waals surface area contributed by atoms with Crippen LogP contribution in [0.15, 0.2) is 0 Å². The summed E-state index contributed by atoms with van der Waals surface area (Å²) in [5.74, 6) is 1.97. The largest absolute Gasteiger partial charge is 0.275 e. The van der Waals surface area contributed by atoms with Gasteiger partial charge in [0.1, 0.15) is 0 Å². The maximum Gasteiger partial charge on any atom is 0.246 e. The second kappa shape index (κ2) is 6.49. The number of thioether (sulfide) groups is 1. The fourth-order valence-corrected chi connectivity index (χ4v) is 1.17. The molecule has 0 atom stereocenters. The van der Waals surface area contributed by atoms with E-state index in [1.54, 1.807) is 18.8 Å². The van der Waals surface area contributed by atoms with Gasteiger partial charge in [-0.15, -0.1) is 0 Å². The molecule has 0 spiro atoms. The van der Waals surface area contributed by atoms with Crippen LogP contribution >= 0.6 is 11.8 Å². The molecule has 1 amide bonds. The molecule has 0 aromatic heterocycles. The predicted molar refractivity (Wildman–Crippen MR) is 47.4 cm³/mol. The van der Waals surface area contributed by atoms with E-state index in [0.29, 0.717) is 6.42 Å². The van der Waals surface area contributed by atoms with Crippen LogP contribution in [0.4, 0.5) is 0 Å². The SMILES string of the molecule is CCSCCC(=O)N(C)OC. The molecule has 0 radical (unpaired) electrons. The Morgan fingerprint density at radius 3 is 2.73 bits per heavy atom. The highest BCUT2D eigenvalue weighted by Gasteiger charge is 2.05. The number of hydroxylamine groups is 2. The maximum atomic E-state index is 11.0. The summed E-state index contributed by atoms with van der Waals surface area (Å²) < 4.78 is 0. The molecule has 0 rings (SSSR count). The molecule has 0 unspecified atom stereocenters. The van der Waals surface area contributed by atoms with E-state index in [9.17, 15) is 4.79 Å². The lowest BCUT2D eigenvalue weighted by molar-refractivity contribution is -0.168. The van der Waals surface area contributed by atoms with Crippen LogP contribution in [0.3, 0.4) is 0 Å². The van der Waals surface area contributed by atoms with Gasteiger partial charge >= 0.3 is 0 Å². The van der Waals surface area contributed by atoms with Crippen molar-refractivity contribution < 1.29 is 9.63 Å². The zero-order valence-electron chi connectivity index (χ0n) is 7.29. The van der Waals surface area contributed by atoms with Gasteiger partial charge in [-0.3, -0.25) is 9.63 Å². The molecule has 3 nitrogen and oxygen atoms in total. The monoisotopic (exact) mass is 177 g/mol. The summed E-state index contributed by atoms with van der Waals surface area (Å²) in [4.78, 5) is 15.8. The van der Waals surface area contributed by atoms with Crippen LogP contribution < -0.4 is 0 Å². The van der Waals surface area contributed by atoms with Crippen molar-refractivity contribution in [3.63, 3.8) is 0 Å². The maximum absolute atomic E-state index is 11.0. The second-order valence-corrected chi connectivity index (χ2v) is 3.41. The number of carbonyl (C=O) groups excluding carboxylic acids is 1. The summed E-state index contributed by atoms with van der Waals surface area (Å²) in [7, 11) is 3.11. The average molecular weight is 177 g/mol. The first-order valence-electron chi connectivity index (χ1n) is 3.60. The van der Waals surface area contributed by atoms with Crippen molar-refractivity contribution in [3.8, 4) is 0 Å². The average Bonchev–Trinajstić information content (AvgIpc) is 2.03. The zero-order valence-corrected chi connectivity index (χ0v) is 8.11. The molecule has 11 heavy (non-hydrogen) atoms. The highest BCUT2D eigenvalue weighted by molar-refractivity contribution is 7.99. The minimum Gasteiger partial charge on any atom is -0.275 e. The molecular weight excluding hydrogens is 162 g/mol. The van der Waals surface area contributed by atoms with Gasteiger partial charge in [-0.05, 0) is 5.75 Å². The molecule has 0 saturated heterocycles. The van der Waals surface area contributed by atoms with Crippen LogP contribution in [-0.4, -0.2) is 36.6 Å². The summed E-state index contributed by atoms with van der Waals surface area (Å²) in [5, 5.41) is 1.26. The lowest BCUT2D eigenvalue weighted by Crippen LogP contribution is -2.25. The Bertz CT molecular complexity index is 119. The van der Waals surface area contributed by atoms with E-state index in [1.807, 2.05) is 0 Å². The third-order valence-corrected chi connectivity index (χ3v) is 2.19. The van der Waals surface area contributed by atoms with Crippen molar-refractivity contribution in [2.24, 2.45) is 0 Å². The van der Waals surface area contributed by atoms with Crippen molar-refractivity contribution in [2.45, 2.75) is 13.3 Å². The molecule has 0 aliphatic rings. The molecule has 0 fully saturated rings. The second-order valence-electron chi connectivity index (χ2n) is 2.02. The standard InChI is InChI=1S/C7H15NO2S/c1-4-11-6-5-7(9)8(2)10-3/h4-6H2,1-3H3. The molecular formula is C7H15NO2S. The lowest BCUT2D eigenvalue weighted by Gasteiger charge is -2.12. The summed E-state index contributed by atoms with van der Waals surface area (Å²) in [6.45, 7) is 2.08. The summed E-state index contributed by atoms with van der Waals surface area (Å²) in [6, 6.07) is 0. The van der Waals surface area contributed by atoms with E-state index < -0.39 is 0 Å². The number of rotatable bonds is 5. The Balaban J connectivity index is 3.36. The van der Waals surface area contributed by atoms with E-state index in [-0.39, 0.29) is 5.91 Å². The van der Waals surface area contributed by atoms with Crippen molar-refractivity contribution in [1.29, 1.82) is 0 Å². The molecule has 66 valence electrons. The van der Waals surface area contributed by atoms with Crippen LogP contribution in [0.2, 0.25) is 0 Å². The van der Waals surface area contributed by atoms with Gasteiger partial charge in [0.15, 0.2) is 0 Å². The first-order chi connectivity index (χ1) is 5.22. The number of carbonyl (C=O) groups is 1. The van der Waals surface area contributed by atoms with Crippen molar-refractivity contribution in [2.75, 3.05) is 25.7 Å². The third-order valence-electron chi connectivity index (χ3n) is 1.29. The van der Waals surface area contributed by atoms with Gasteiger partial charge in [-0.25, -0.2) is 5.06 Å². The van der Waals surface area contributed by atoms with Gasteiger partial charge in [0.25, 0.3) is 0 Å². The smallest absolute Gasteiger partial charge is 0.246 e. The minimum atomic E-state index is 0.0356. The van der Waals surface area contributed by atoms with E-state index in [2.05, 4.69) is 6.92 Å². The Morgan fingerprint density at radius 2 is 2.27 bits per heavy atom. The van der Waals surface area contributed by atoms with Crippen LogP contribution in [0.25, 0.3) is 0 Å². The van der Waals surface area contributed by atoms with Gasteiger partial charge in [0.2, 0.25) is 5.91 Å². The summed E-state index contributed by atoms with van der Waals surface area (Å²) >= 11 is 1.76. The third kappa shape index (κ3) is 5.09. The molecule has 0 saturated carbocycles.